The third kappa shape index (κ3) is 2.58. The van der Waals surface area contributed by atoms with Crippen molar-refractivity contribution in [1.29, 1.82) is 0 Å². The molecule has 1 unspecified atom stereocenters. The molecule has 24 heavy (non-hydrogen) atoms. The Kier molecular flexibility index (Phi) is 4.00. The van der Waals surface area contributed by atoms with E-state index < -0.39 is 0 Å². The van der Waals surface area contributed by atoms with Crippen molar-refractivity contribution in [2.24, 2.45) is 0 Å². The number of rotatable bonds is 3. The molecule has 4 rings (SSSR count). The van der Waals surface area contributed by atoms with Crippen LogP contribution in [-0.2, 0) is 6.42 Å². The summed E-state index contributed by atoms with van der Waals surface area (Å²) in [4.78, 5) is 12.7. The number of aromatic nitrogens is 2. The Balaban J connectivity index is 1.77. The second-order valence-electron chi connectivity index (χ2n) is 6.72. The molecule has 1 aliphatic heterocycles. The van der Waals surface area contributed by atoms with Crippen LogP contribution in [-0.4, -0.2) is 22.2 Å². The number of carbonyl (C=O) groups is 1. The number of nitrogens with zero attached hydrogens (tertiary/aromatic N) is 2. The van der Waals surface area contributed by atoms with Crippen molar-refractivity contribution >= 4 is 11.7 Å². The minimum absolute atomic E-state index is 0.00275. The number of nitrogens with one attached hydrogen (secondary N) is 2. The van der Waals surface area contributed by atoms with Crippen LogP contribution in [0.5, 0.6) is 0 Å². The van der Waals surface area contributed by atoms with Crippen LogP contribution in [0.2, 0.25) is 0 Å². The van der Waals surface area contributed by atoms with E-state index in [0.29, 0.717) is 12.6 Å². The van der Waals surface area contributed by atoms with Crippen LogP contribution in [0.25, 0.3) is 0 Å². The van der Waals surface area contributed by atoms with E-state index in [4.69, 9.17) is 5.10 Å². The topological polar surface area (TPSA) is 59.0 Å². The Bertz CT molecular complexity index is 731. The first-order chi connectivity index (χ1) is 11.8. The number of fused-ring (bicyclic) bond motifs is 1. The van der Waals surface area contributed by atoms with Gasteiger partial charge >= 0.3 is 0 Å². The van der Waals surface area contributed by atoms with Crippen molar-refractivity contribution in [3.8, 4) is 0 Å². The molecule has 0 saturated heterocycles. The predicted molar refractivity (Wildman–Crippen MR) is 94.2 cm³/mol. The van der Waals surface area contributed by atoms with Crippen LogP contribution in [0.3, 0.4) is 0 Å². The maximum atomic E-state index is 12.7. The number of carbonyl (C=O) groups excluding carboxylic acids is 1. The standard InChI is InChI=1S/C19H24N4O/c1-2-15-17-18(23(22-15)14-10-6-7-11-14)21-16(12-20-19(17)24)13-8-4-3-5-9-13/h3-5,8-9,14,16,21H,2,6-7,10-12H2,1H3,(H,20,24). The summed E-state index contributed by atoms with van der Waals surface area (Å²) in [6.07, 6.45) is 5.56. The Hall–Kier alpha value is -2.30. The molecule has 1 atom stereocenters. The molecule has 1 aromatic carbocycles. The molecule has 5 nitrogen and oxygen atoms in total. The maximum Gasteiger partial charge on any atom is 0.257 e. The molecule has 2 N–H and O–H groups in total. The summed E-state index contributed by atoms with van der Waals surface area (Å²) in [6.45, 7) is 2.65. The van der Waals surface area contributed by atoms with Gasteiger partial charge in [-0.2, -0.15) is 5.10 Å². The number of benzene rings is 1. The normalized spacial score (nSPS) is 21.0. The number of hydrogen-bond donors (Lipinski definition) is 2. The van der Waals surface area contributed by atoms with E-state index in [0.717, 1.165) is 36.3 Å². The zero-order chi connectivity index (χ0) is 16.5. The van der Waals surface area contributed by atoms with Crippen LogP contribution in [0.1, 0.15) is 66.3 Å². The van der Waals surface area contributed by atoms with Gasteiger partial charge in [-0.3, -0.25) is 4.79 Å². The maximum absolute atomic E-state index is 12.7. The van der Waals surface area contributed by atoms with E-state index in [1.54, 1.807) is 0 Å². The fraction of sp³-hybridized carbons (Fsp3) is 0.474. The van der Waals surface area contributed by atoms with Crippen LogP contribution < -0.4 is 10.6 Å². The van der Waals surface area contributed by atoms with Crippen LogP contribution >= 0.6 is 0 Å². The van der Waals surface area contributed by atoms with Gasteiger partial charge in [0.25, 0.3) is 5.91 Å². The Morgan fingerprint density at radius 1 is 1.21 bits per heavy atom. The highest BCUT2D eigenvalue weighted by atomic mass is 16.1. The highest BCUT2D eigenvalue weighted by Gasteiger charge is 2.32. The summed E-state index contributed by atoms with van der Waals surface area (Å²) in [6, 6.07) is 10.8. The van der Waals surface area contributed by atoms with Crippen molar-refractivity contribution in [2.75, 3.05) is 11.9 Å². The average molecular weight is 324 g/mol. The quantitative estimate of drug-likeness (QED) is 0.909. The Labute approximate surface area is 142 Å². The van der Waals surface area contributed by atoms with Gasteiger partial charge in [0.2, 0.25) is 0 Å². The molecular weight excluding hydrogens is 300 g/mol. The molecule has 126 valence electrons. The van der Waals surface area contributed by atoms with Gasteiger partial charge in [0.1, 0.15) is 11.4 Å². The van der Waals surface area contributed by atoms with Gasteiger partial charge in [-0.25, -0.2) is 4.68 Å². The number of amides is 1. The monoisotopic (exact) mass is 324 g/mol. The minimum Gasteiger partial charge on any atom is -0.361 e. The third-order valence-corrected chi connectivity index (χ3v) is 5.20. The van der Waals surface area contributed by atoms with Crippen molar-refractivity contribution in [3.05, 3.63) is 47.2 Å². The van der Waals surface area contributed by atoms with E-state index in [9.17, 15) is 4.79 Å². The van der Waals surface area contributed by atoms with Crippen molar-refractivity contribution in [2.45, 2.75) is 51.1 Å². The molecular formula is C19H24N4O. The molecule has 1 saturated carbocycles. The van der Waals surface area contributed by atoms with E-state index >= 15 is 0 Å². The zero-order valence-corrected chi connectivity index (χ0v) is 14.1. The molecule has 1 amide bonds. The predicted octanol–water partition coefficient (Wildman–Crippen LogP) is 3.46. The molecule has 1 aliphatic carbocycles. The van der Waals surface area contributed by atoms with Crippen LogP contribution in [0, 0.1) is 0 Å². The SMILES string of the molecule is CCc1nn(C2CCCC2)c2c1C(=O)NCC(c1ccccc1)N2. The smallest absolute Gasteiger partial charge is 0.257 e. The minimum atomic E-state index is -0.00275. The van der Waals surface area contributed by atoms with Gasteiger partial charge in [-0.1, -0.05) is 50.1 Å². The van der Waals surface area contributed by atoms with Gasteiger partial charge in [0.05, 0.1) is 17.8 Å². The van der Waals surface area contributed by atoms with Gasteiger partial charge in [-0.05, 0) is 24.8 Å². The molecule has 2 aliphatic rings. The average Bonchev–Trinajstić information content (AvgIpc) is 3.22. The highest BCUT2D eigenvalue weighted by molar-refractivity contribution is 6.00. The largest absolute Gasteiger partial charge is 0.361 e. The molecule has 2 aromatic rings. The lowest BCUT2D eigenvalue weighted by Gasteiger charge is -2.21. The first kappa shape index (κ1) is 15.2. The van der Waals surface area contributed by atoms with Gasteiger partial charge < -0.3 is 10.6 Å². The fourth-order valence-corrected chi connectivity index (χ4v) is 3.90. The summed E-state index contributed by atoms with van der Waals surface area (Å²) in [7, 11) is 0. The fourth-order valence-electron chi connectivity index (χ4n) is 3.90. The van der Waals surface area contributed by atoms with Crippen LogP contribution in [0.15, 0.2) is 30.3 Å². The molecule has 0 spiro atoms. The third-order valence-electron chi connectivity index (χ3n) is 5.20. The zero-order valence-electron chi connectivity index (χ0n) is 14.1. The Morgan fingerprint density at radius 2 is 1.96 bits per heavy atom. The second-order valence-corrected chi connectivity index (χ2v) is 6.72. The first-order valence-electron chi connectivity index (χ1n) is 8.99. The number of hydrogen-bond acceptors (Lipinski definition) is 3. The second kappa shape index (κ2) is 6.30. The van der Waals surface area contributed by atoms with E-state index in [-0.39, 0.29) is 11.9 Å². The number of aryl methyl sites for hydroxylation is 1. The van der Waals surface area contributed by atoms with Gasteiger partial charge in [0, 0.05) is 6.54 Å². The molecule has 1 aromatic heterocycles. The highest BCUT2D eigenvalue weighted by Crippen LogP contribution is 2.36. The molecule has 1 fully saturated rings. The van der Waals surface area contributed by atoms with Gasteiger partial charge in [0.15, 0.2) is 0 Å². The van der Waals surface area contributed by atoms with Gasteiger partial charge in [-0.15, -0.1) is 0 Å². The summed E-state index contributed by atoms with van der Waals surface area (Å²) in [5.41, 5.74) is 2.82. The van der Waals surface area contributed by atoms with E-state index in [1.165, 1.54) is 18.4 Å². The molecule has 0 bridgehead atoms. The lowest BCUT2D eigenvalue weighted by molar-refractivity contribution is 0.0954. The number of anilines is 1. The summed E-state index contributed by atoms with van der Waals surface area (Å²) >= 11 is 0. The summed E-state index contributed by atoms with van der Waals surface area (Å²) < 4.78 is 2.10. The summed E-state index contributed by atoms with van der Waals surface area (Å²) in [5.74, 6) is 0.902. The van der Waals surface area contributed by atoms with Crippen molar-refractivity contribution < 1.29 is 4.79 Å². The molecule has 5 heteroatoms. The van der Waals surface area contributed by atoms with Crippen molar-refractivity contribution in [3.63, 3.8) is 0 Å². The molecule has 0 radical (unpaired) electrons. The first-order valence-corrected chi connectivity index (χ1v) is 8.99. The molecule has 2 heterocycles. The lowest BCUT2D eigenvalue weighted by atomic mass is 10.1. The van der Waals surface area contributed by atoms with Crippen molar-refractivity contribution in [1.82, 2.24) is 15.1 Å². The van der Waals surface area contributed by atoms with E-state index in [1.807, 2.05) is 18.2 Å². The summed E-state index contributed by atoms with van der Waals surface area (Å²) in [5, 5.41) is 11.5. The lowest BCUT2D eigenvalue weighted by Crippen LogP contribution is -2.28. The Morgan fingerprint density at radius 3 is 2.67 bits per heavy atom. The van der Waals surface area contributed by atoms with Crippen LogP contribution in [0.4, 0.5) is 5.82 Å². The van der Waals surface area contributed by atoms with E-state index in [2.05, 4.69) is 34.4 Å².